The average molecular weight is 373 g/mol. The number of nitrogens with one attached hydrogen (secondary N) is 1. The number of hydrogen-bond donors (Lipinski definition) is 1. The minimum absolute atomic E-state index is 0. The van der Waals surface area contributed by atoms with Gasteiger partial charge in [0.25, 0.3) is 5.56 Å². The van der Waals surface area contributed by atoms with Crippen LogP contribution in [0, 0.1) is 6.92 Å². The van der Waals surface area contributed by atoms with E-state index in [4.69, 9.17) is 4.74 Å². The summed E-state index contributed by atoms with van der Waals surface area (Å²) in [6, 6.07) is 6.00. The van der Waals surface area contributed by atoms with Crippen LogP contribution < -0.4 is 10.3 Å². The van der Waals surface area contributed by atoms with Crippen molar-refractivity contribution in [2.24, 2.45) is 0 Å². The Bertz CT molecular complexity index is 957. The lowest BCUT2D eigenvalue weighted by Crippen LogP contribution is -2.16. The van der Waals surface area contributed by atoms with Crippen LogP contribution in [0.5, 0.6) is 5.75 Å². The number of rotatable bonds is 6. The Hall–Kier alpha value is -2.63. The molecule has 1 aromatic carbocycles. The third kappa shape index (κ3) is 4.21. The van der Waals surface area contributed by atoms with E-state index in [1.807, 2.05) is 32.0 Å². The van der Waals surface area contributed by atoms with Crippen LogP contribution in [0.1, 0.15) is 59.1 Å². The topological polar surface area (TPSA) is 72.3 Å². The molecule has 0 saturated carbocycles. The minimum atomic E-state index is -0.179. The van der Waals surface area contributed by atoms with Crippen molar-refractivity contribution in [1.29, 1.82) is 0 Å². The number of aromatic nitrogens is 4. The van der Waals surface area contributed by atoms with E-state index in [0.29, 0.717) is 23.6 Å². The number of ether oxygens (including phenoxy) is 1. The van der Waals surface area contributed by atoms with Crippen molar-refractivity contribution in [1.82, 2.24) is 19.6 Å². The van der Waals surface area contributed by atoms with Crippen molar-refractivity contribution in [3.63, 3.8) is 0 Å². The van der Waals surface area contributed by atoms with Crippen molar-refractivity contribution in [3.8, 4) is 17.1 Å². The first-order valence-electron chi connectivity index (χ1n) is 8.83. The Morgan fingerprint density at radius 2 is 1.93 bits per heavy atom. The molecule has 0 aliphatic heterocycles. The molecule has 148 valence electrons. The molecule has 0 unspecified atom stereocenters. The summed E-state index contributed by atoms with van der Waals surface area (Å²) in [6.45, 7) is 8.51. The number of aryl methyl sites for hydroxylation is 3. The quantitative estimate of drug-likeness (QED) is 0.687. The van der Waals surface area contributed by atoms with Crippen LogP contribution in [0.15, 0.2) is 23.0 Å². The molecule has 3 aromatic rings. The summed E-state index contributed by atoms with van der Waals surface area (Å²) in [6.07, 6.45) is 2.62. The van der Waals surface area contributed by atoms with Gasteiger partial charge in [-0.05, 0) is 44.4 Å². The van der Waals surface area contributed by atoms with Crippen molar-refractivity contribution in [2.45, 2.75) is 61.8 Å². The van der Waals surface area contributed by atoms with Gasteiger partial charge in [-0.1, -0.05) is 34.8 Å². The lowest BCUT2D eigenvalue weighted by atomic mass is 10.1. The largest absolute Gasteiger partial charge is 0.493 e. The van der Waals surface area contributed by atoms with Gasteiger partial charge < -0.3 is 9.72 Å². The fourth-order valence-corrected chi connectivity index (χ4v) is 3.01. The maximum atomic E-state index is 12.6. The molecule has 0 saturated heterocycles. The van der Waals surface area contributed by atoms with E-state index in [9.17, 15) is 4.79 Å². The molecular weight excluding hydrogens is 340 g/mol. The highest BCUT2D eigenvalue weighted by Crippen LogP contribution is 2.28. The summed E-state index contributed by atoms with van der Waals surface area (Å²) in [5.74, 6) is 2.04. The Morgan fingerprint density at radius 1 is 1.19 bits per heavy atom. The molecule has 1 N–H and O–H groups in total. The zero-order valence-corrected chi connectivity index (χ0v) is 15.2. The van der Waals surface area contributed by atoms with Gasteiger partial charge in [0.05, 0.1) is 17.9 Å². The molecule has 0 spiro atoms. The van der Waals surface area contributed by atoms with Crippen LogP contribution in [-0.4, -0.2) is 26.2 Å². The van der Waals surface area contributed by atoms with Crippen LogP contribution in [0.3, 0.4) is 0 Å². The van der Waals surface area contributed by atoms with Gasteiger partial charge in [0.2, 0.25) is 0 Å². The molecule has 0 fully saturated rings. The van der Waals surface area contributed by atoms with Crippen LogP contribution in [-0.2, 0) is 12.8 Å². The van der Waals surface area contributed by atoms with E-state index in [-0.39, 0.29) is 20.4 Å². The monoisotopic (exact) mass is 372 g/mol. The fraction of sp³-hybridized carbons (Fsp3) is 0.476. The zero-order valence-electron chi connectivity index (χ0n) is 15.2. The molecule has 0 aliphatic carbocycles. The van der Waals surface area contributed by atoms with Crippen LogP contribution in [0.25, 0.3) is 16.9 Å². The van der Waals surface area contributed by atoms with Gasteiger partial charge in [0.1, 0.15) is 11.6 Å². The summed E-state index contributed by atoms with van der Waals surface area (Å²) in [4.78, 5) is 20.1. The fourth-order valence-electron chi connectivity index (χ4n) is 3.01. The highest BCUT2D eigenvalue weighted by Gasteiger charge is 2.16. The number of H-pyrrole nitrogens is 1. The Labute approximate surface area is 161 Å². The Kier molecular flexibility index (Phi) is 7.76. The van der Waals surface area contributed by atoms with Gasteiger partial charge in [-0.15, -0.1) is 5.10 Å². The van der Waals surface area contributed by atoms with Crippen LogP contribution in [0.2, 0.25) is 0 Å². The second kappa shape index (κ2) is 9.35. The maximum Gasteiger partial charge on any atom is 0.277 e. The first-order valence-corrected chi connectivity index (χ1v) is 8.83. The maximum absolute atomic E-state index is 12.6. The van der Waals surface area contributed by atoms with Gasteiger partial charge in [-0.25, -0.2) is 9.50 Å². The molecule has 0 radical (unpaired) electrons. The van der Waals surface area contributed by atoms with Gasteiger partial charge in [-0.3, -0.25) is 4.79 Å². The molecule has 27 heavy (non-hydrogen) atoms. The lowest BCUT2D eigenvalue weighted by Gasteiger charge is -2.11. The second-order valence-corrected chi connectivity index (χ2v) is 6.04. The summed E-state index contributed by atoms with van der Waals surface area (Å²) >= 11 is 0. The minimum Gasteiger partial charge on any atom is -0.493 e. The van der Waals surface area contributed by atoms with Gasteiger partial charge in [-0.2, -0.15) is 0 Å². The van der Waals surface area contributed by atoms with Crippen LogP contribution >= 0.6 is 0 Å². The predicted octanol–water partition coefficient (Wildman–Crippen LogP) is 4.58. The van der Waals surface area contributed by atoms with Gasteiger partial charge >= 0.3 is 0 Å². The molecule has 0 amide bonds. The molecule has 6 heteroatoms. The summed E-state index contributed by atoms with van der Waals surface area (Å²) in [5.41, 5.74) is 3.00. The first-order chi connectivity index (χ1) is 12.1. The van der Waals surface area contributed by atoms with E-state index in [1.54, 1.807) is 4.52 Å². The summed E-state index contributed by atoms with van der Waals surface area (Å²) in [5, 5.41) is 4.68. The van der Waals surface area contributed by atoms with E-state index in [2.05, 4.69) is 28.9 Å². The van der Waals surface area contributed by atoms with Crippen molar-refractivity contribution in [3.05, 3.63) is 45.6 Å². The molecule has 0 aliphatic rings. The SMILES string of the molecule is C.C.CCCc1nc(C)c2c(=O)[nH]c(-c3cc(CC)ccc3OCC)nn12. The smallest absolute Gasteiger partial charge is 0.277 e. The van der Waals surface area contributed by atoms with Crippen molar-refractivity contribution >= 4 is 5.52 Å². The highest BCUT2D eigenvalue weighted by atomic mass is 16.5. The molecule has 0 bridgehead atoms. The third-order valence-electron chi connectivity index (χ3n) is 4.22. The number of fused-ring (bicyclic) bond motifs is 1. The number of benzene rings is 1. The van der Waals surface area contributed by atoms with E-state index < -0.39 is 0 Å². The van der Waals surface area contributed by atoms with Gasteiger partial charge in [0.15, 0.2) is 11.3 Å². The van der Waals surface area contributed by atoms with Crippen LogP contribution in [0.4, 0.5) is 0 Å². The summed E-state index contributed by atoms with van der Waals surface area (Å²) in [7, 11) is 0. The third-order valence-corrected chi connectivity index (χ3v) is 4.22. The molecule has 2 aromatic heterocycles. The number of hydrogen-bond acceptors (Lipinski definition) is 4. The Balaban J connectivity index is 0.00000182. The molecule has 3 rings (SSSR count). The van der Waals surface area contributed by atoms with Crippen molar-refractivity contribution < 1.29 is 4.74 Å². The lowest BCUT2D eigenvalue weighted by molar-refractivity contribution is 0.341. The number of imidazole rings is 1. The number of nitrogens with zero attached hydrogens (tertiary/aromatic N) is 3. The van der Waals surface area contributed by atoms with E-state index in [0.717, 1.165) is 42.0 Å². The standard InChI is InChI=1S/C19H24N4O2.2CH4/c1-5-8-16-20-12(4)17-19(24)21-18(22-23(16)17)14-11-13(6-2)9-10-15(14)25-7-3;;/h9-11H,5-8H2,1-4H3,(H,21,22,24);2*1H4. The normalized spacial score (nSPS) is 10.4. The predicted molar refractivity (Wildman–Crippen MR) is 112 cm³/mol. The highest BCUT2D eigenvalue weighted by molar-refractivity contribution is 5.66. The summed E-state index contributed by atoms with van der Waals surface area (Å²) < 4.78 is 7.42. The zero-order chi connectivity index (χ0) is 18.0. The van der Waals surface area contributed by atoms with E-state index in [1.165, 1.54) is 0 Å². The molecule has 2 heterocycles. The van der Waals surface area contributed by atoms with E-state index >= 15 is 0 Å². The van der Waals surface area contributed by atoms with Gasteiger partial charge in [0, 0.05) is 6.42 Å². The van der Waals surface area contributed by atoms with Crippen molar-refractivity contribution in [2.75, 3.05) is 6.61 Å². The molecule has 6 nitrogen and oxygen atoms in total. The number of aromatic amines is 1. The average Bonchev–Trinajstić information content (AvgIpc) is 2.92. The Morgan fingerprint density at radius 3 is 2.56 bits per heavy atom. The second-order valence-electron chi connectivity index (χ2n) is 6.04. The first kappa shape index (κ1) is 22.4. The molecule has 0 atom stereocenters. The molecular formula is C21H32N4O2.